The summed E-state index contributed by atoms with van der Waals surface area (Å²) in [4.78, 5) is 19.6. The molecule has 9 heteroatoms. The van der Waals surface area contributed by atoms with Crippen molar-refractivity contribution >= 4 is 39.1 Å². The molecule has 2 aromatic carbocycles. The molecule has 4 aliphatic heterocycles. The summed E-state index contributed by atoms with van der Waals surface area (Å²) >= 11 is 6.58. The van der Waals surface area contributed by atoms with E-state index < -0.39 is 5.82 Å². The van der Waals surface area contributed by atoms with Gasteiger partial charge in [0.2, 0.25) is 0 Å². The minimum Gasteiger partial charge on any atom is -0.508 e. The Hall–Kier alpha value is -3.07. The molecule has 6 heterocycles. The second-order valence-electron chi connectivity index (χ2n) is 11.7. The van der Waals surface area contributed by atoms with Crippen molar-refractivity contribution in [2.75, 3.05) is 31.1 Å². The lowest BCUT2D eigenvalue weighted by molar-refractivity contribution is 0.192. The molecule has 2 atom stereocenters. The van der Waals surface area contributed by atoms with Crippen LogP contribution in [0.5, 0.6) is 5.75 Å². The molecule has 4 saturated heterocycles. The summed E-state index contributed by atoms with van der Waals surface area (Å²) in [5, 5.41) is 16.5. The highest BCUT2D eigenvalue weighted by Gasteiger charge is 2.45. The molecule has 0 radical (unpaired) electrons. The van der Waals surface area contributed by atoms with Gasteiger partial charge in [-0.1, -0.05) is 23.7 Å². The number of aromatic hydroxyl groups is 1. The summed E-state index contributed by atoms with van der Waals surface area (Å²) in [5.74, 6) is 1.03. The van der Waals surface area contributed by atoms with Gasteiger partial charge in [-0.25, -0.2) is 14.4 Å². The SMILES string of the molecule is Oc1cc(-c2ncc3c(N4C[C@@H]5C[C@H]4CN5)nc(CC45CCCN4CCC5)nc3c2F)c2c(Cl)cccc2c1. The average Bonchev–Trinajstić information content (AvgIpc) is 3.70. The predicted octanol–water partition coefficient (Wildman–Crippen LogP) is 5.06. The lowest BCUT2D eigenvalue weighted by Crippen LogP contribution is -2.44. The number of halogens is 2. The summed E-state index contributed by atoms with van der Waals surface area (Å²) in [5.41, 5.74) is 0.964. The lowest BCUT2D eigenvalue weighted by Gasteiger charge is -2.33. The molecule has 0 saturated carbocycles. The van der Waals surface area contributed by atoms with Gasteiger partial charge in [-0.2, -0.15) is 0 Å². The largest absolute Gasteiger partial charge is 0.508 e. The average molecular weight is 545 g/mol. The normalized spacial score (nSPS) is 23.9. The van der Waals surface area contributed by atoms with Crippen LogP contribution >= 0.6 is 11.6 Å². The van der Waals surface area contributed by atoms with Gasteiger partial charge in [-0.05, 0) is 68.8 Å². The van der Waals surface area contributed by atoms with Crippen molar-refractivity contribution in [3.05, 3.63) is 53.2 Å². The standard InChI is InChI=1S/C30H30ClFN6O/c31-23-5-1-4-17-10-20(39)12-21(25(17)23)27-26(32)28-22(15-34-27)29(38-16-18-11-19(38)14-33-18)36-24(35-28)13-30-6-2-8-37(30)9-3-7-30/h1,4-5,10,12,15,18-19,33,39H,2-3,6-9,11,13-14,16H2/t18-,19-/m0/s1. The number of aromatic nitrogens is 3. The number of hydrogen-bond acceptors (Lipinski definition) is 7. The quantitative estimate of drug-likeness (QED) is 0.372. The summed E-state index contributed by atoms with van der Waals surface area (Å²) in [7, 11) is 0. The topological polar surface area (TPSA) is 77.4 Å². The zero-order chi connectivity index (χ0) is 26.3. The Balaban J connectivity index is 1.33. The zero-order valence-corrected chi connectivity index (χ0v) is 22.4. The maximum Gasteiger partial charge on any atom is 0.175 e. The van der Waals surface area contributed by atoms with E-state index in [1.165, 1.54) is 18.9 Å². The van der Waals surface area contributed by atoms with E-state index in [4.69, 9.17) is 21.6 Å². The number of nitrogens with one attached hydrogen (secondary N) is 1. The van der Waals surface area contributed by atoms with E-state index in [9.17, 15) is 5.11 Å². The van der Waals surface area contributed by atoms with E-state index in [1.807, 2.05) is 12.1 Å². The molecule has 0 aliphatic carbocycles. The molecule has 4 fully saturated rings. The van der Waals surface area contributed by atoms with E-state index in [2.05, 4.69) is 20.1 Å². The van der Waals surface area contributed by atoms with Crippen molar-refractivity contribution < 1.29 is 9.50 Å². The fraction of sp³-hybridized carbons (Fsp3) is 0.433. The molecule has 4 aromatic rings. The molecule has 0 unspecified atom stereocenters. The number of anilines is 1. The van der Waals surface area contributed by atoms with Crippen LogP contribution in [0.25, 0.3) is 32.9 Å². The summed E-state index contributed by atoms with van der Waals surface area (Å²) in [6.07, 6.45) is 8.16. The Morgan fingerprint density at radius 1 is 1.15 bits per heavy atom. The number of pyridine rings is 1. The van der Waals surface area contributed by atoms with Gasteiger partial charge in [-0.15, -0.1) is 0 Å². The van der Waals surface area contributed by atoms with E-state index in [-0.39, 0.29) is 17.0 Å². The minimum absolute atomic E-state index is 0.0346. The Kier molecular flexibility index (Phi) is 5.32. The predicted molar refractivity (Wildman–Crippen MR) is 151 cm³/mol. The molecule has 0 amide bonds. The molecule has 2 N–H and O–H groups in total. The summed E-state index contributed by atoms with van der Waals surface area (Å²) < 4.78 is 16.6. The first-order valence-corrected chi connectivity index (χ1v) is 14.4. The van der Waals surface area contributed by atoms with E-state index in [0.717, 1.165) is 63.1 Å². The van der Waals surface area contributed by atoms with Crippen LogP contribution in [0.4, 0.5) is 10.2 Å². The molecule has 7 nitrogen and oxygen atoms in total. The van der Waals surface area contributed by atoms with Gasteiger partial charge >= 0.3 is 0 Å². The number of benzene rings is 2. The van der Waals surface area contributed by atoms with Gasteiger partial charge < -0.3 is 15.3 Å². The highest BCUT2D eigenvalue weighted by atomic mass is 35.5. The number of fused-ring (bicyclic) bond motifs is 5. The first-order valence-electron chi connectivity index (χ1n) is 14.0. The molecule has 0 spiro atoms. The fourth-order valence-corrected chi connectivity index (χ4v) is 8.04. The number of piperazine rings is 1. The maximum absolute atomic E-state index is 16.6. The van der Waals surface area contributed by atoms with Crippen molar-refractivity contribution in [1.29, 1.82) is 0 Å². The van der Waals surface area contributed by atoms with Crippen LogP contribution in [0.2, 0.25) is 5.02 Å². The van der Waals surface area contributed by atoms with Crippen LogP contribution in [-0.4, -0.2) is 68.8 Å². The number of nitrogens with zero attached hydrogens (tertiary/aromatic N) is 5. The molecule has 2 aromatic heterocycles. The number of hydrogen-bond donors (Lipinski definition) is 2. The molecule has 39 heavy (non-hydrogen) atoms. The zero-order valence-electron chi connectivity index (χ0n) is 21.6. The molecular weight excluding hydrogens is 515 g/mol. The lowest BCUT2D eigenvalue weighted by atomic mass is 9.90. The molecular formula is C30H30ClFN6O. The highest BCUT2D eigenvalue weighted by molar-refractivity contribution is 6.36. The van der Waals surface area contributed by atoms with Crippen LogP contribution in [0.3, 0.4) is 0 Å². The van der Waals surface area contributed by atoms with E-state index >= 15 is 4.39 Å². The number of rotatable bonds is 4. The van der Waals surface area contributed by atoms with Crippen LogP contribution < -0.4 is 10.2 Å². The summed E-state index contributed by atoms with van der Waals surface area (Å²) in [6, 6.07) is 9.38. The molecule has 4 aliphatic rings. The first-order chi connectivity index (χ1) is 19.0. The van der Waals surface area contributed by atoms with Gasteiger partial charge in [0, 0.05) is 59.3 Å². The van der Waals surface area contributed by atoms with Crippen LogP contribution in [0.1, 0.15) is 37.9 Å². The van der Waals surface area contributed by atoms with Gasteiger partial charge in [-0.3, -0.25) is 9.88 Å². The van der Waals surface area contributed by atoms with E-state index in [1.54, 1.807) is 18.3 Å². The van der Waals surface area contributed by atoms with Gasteiger partial charge in [0.1, 0.15) is 28.6 Å². The Labute approximate surface area is 231 Å². The highest BCUT2D eigenvalue weighted by Crippen LogP contribution is 2.43. The van der Waals surface area contributed by atoms with Crippen molar-refractivity contribution in [2.45, 2.75) is 56.1 Å². The van der Waals surface area contributed by atoms with Gasteiger partial charge in [0.15, 0.2) is 5.82 Å². The monoisotopic (exact) mass is 544 g/mol. The third-order valence-electron chi connectivity index (χ3n) is 9.50. The van der Waals surface area contributed by atoms with Crippen molar-refractivity contribution in [3.8, 4) is 17.0 Å². The van der Waals surface area contributed by atoms with Crippen LogP contribution in [0.15, 0.2) is 36.5 Å². The Morgan fingerprint density at radius 3 is 2.77 bits per heavy atom. The number of phenolic OH excluding ortho intramolecular Hbond substituents is 1. The molecule has 8 rings (SSSR count). The molecule has 2 bridgehead atoms. The van der Waals surface area contributed by atoms with Gasteiger partial charge in [0.25, 0.3) is 0 Å². The first kappa shape index (κ1) is 23.8. The third kappa shape index (κ3) is 3.65. The minimum atomic E-state index is -0.501. The number of phenols is 1. The van der Waals surface area contributed by atoms with Crippen molar-refractivity contribution in [2.24, 2.45) is 0 Å². The Morgan fingerprint density at radius 2 is 2.00 bits per heavy atom. The summed E-state index contributed by atoms with van der Waals surface area (Å²) in [6.45, 7) is 4.00. The molecule has 200 valence electrons. The van der Waals surface area contributed by atoms with Gasteiger partial charge in [0.05, 0.1) is 5.39 Å². The van der Waals surface area contributed by atoms with Crippen molar-refractivity contribution in [3.63, 3.8) is 0 Å². The smallest absolute Gasteiger partial charge is 0.175 e. The van der Waals surface area contributed by atoms with Crippen LogP contribution in [-0.2, 0) is 6.42 Å². The fourth-order valence-electron chi connectivity index (χ4n) is 7.75. The van der Waals surface area contributed by atoms with E-state index in [0.29, 0.717) is 44.8 Å². The van der Waals surface area contributed by atoms with Crippen molar-refractivity contribution in [1.82, 2.24) is 25.2 Å². The Bertz CT molecular complexity index is 1640. The maximum atomic E-state index is 16.6. The second-order valence-corrected chi connectivity index (χ2v) is 12.1. The second kappa shape index (κ2) is 8.71. The third-order valence-corrected chi connectivity index (χ3v) is 9.82. The van der Waals surface area contributed by atoms with Crippen LogP contribution in [0, 0.1) is 5.82 Å².